The Balaban J connectivity index is 2.34. The Morgan fingerprint density at radius 2 is 1.52 bits per heavy atom. The van der Waals surface area contributed by atoms with Crippen molar-refractivity contribution in [3.05, 3.63) is 42.5 Å². The second-order valence-corrected chi connectivity index (χ2v) is 4.95. The Bertz CT molecular complexity index is 581. The molecule has 3 nitrogen and oxygen atoms in total. The van der Waals surface area contributed by atoms with E-state index < -0.39 is 0 Å². The first kappa shape index (κ1) is 15.2. The molecule has 0 atom stereocenters. The van der Waals surface area contributed by atoms with Crippen molar-refractivity contribution in [1.29, 1.82) is 0 Å². The first-order chi connectivity index (χ1) is 10.3. The highest BCUT2D eigenvalue weighted by atomic mass is 16.5. The monoisotopic (exact) mass is 285 g/mol. The zero-order valence-corrected chi connectivity index (χ0v) is 12.8. The van der Waals surface area contributed by atoms with Crippen LogP contribution in [-0.4, -0.2) is 13.2 Å². The van der Waals surface area contributed by atoms with Crippen molar-refractivity contribution < 1.29 is 9.47 Å². The molecule has 0 aliphatic carbocycles. The quantitative estimate of drug-likeness (QED) is 0.761. The Morgan fingerprint density at radius 1 is 0.857 bits per heavy atom. The van der Waals surface area contributed by atoms with E-state index in [4.69, 9.17) is 15.2 Å². The maximum absolute atomic E-state index is 6.05. The summed E-state index contributed by atoms with van der Waals surface area (Å²) in [4.78, 5) is 0. The third-order valence-corrected chi connectivity index (χ3v) is 3.14. The van der Waals surface area contributed by atoms with E-state index in [0.717, 1.165) is 41.2 Å². The molecule has 21 heavy (non-hydrogen) atoms. The molecule has 0 saturated carbocycles. The molecule has 0 unspecified atom stereocenters. The maximum atomic E-state index is 6.05. The van der Waals surface area contributed by atoms with E-state index in [2.05, 4.69) is 13.8 Å². The van der Waals surface area contributed by atoms with Gasteiger partial charge in [0.15, 0.2) is 11.5 Å². The number of hydrogen-bond acceptors (Lipinski definition) is 3. The van der Waals surface area contributed by atoms with Gasteiger partial charge in [0, 0.05) is 11.3 Å². The van der Waals surface area contributed by atoms with Crippen LogP contribution in [0.2, 0.25) is 0 Å². The normalized spacial score (nSPS) is 10.4. The van der Waals surface area contributed by atoms with Crippen LogP contribution in [-0.2, 0) is 0 Å². The summed E-state index contributed by atoms with van der Waals surface area (Å²) in [6.45, 7) is 5.54. The summed E-state index contributed by atoms with van der Waals surface area (Å²) in [7, 11) is 0. The fourth-order valence-corrected chi connectivity index (χ4v) is 2.09. The van der Waals surface area contributed by atoms with Crippen molar-refractivity contribution in [2.24, 2.45) is 0 Å². The van der Waals surface area contributed by atoms with Gasteiger partial charge in [-0.05, 0) is 36.6 Å². The molecule has 0 aliphatic heterocycles. The minimum Gasteiger partial charge on any atom is -0.490 e. The Hall–Kier alpha value is -2.16. The Morgan fingerprint density at radius 3 is 2.19 bits per heavy atom. The van der Waals surface area contributed by atoms with E-state index in [-0.39, 0.29) is 0 Å². The number of benzene rings is 2. The number of hydrogen-bond donors (Lipinski definition) is 1. The van der Waals surface area contributed by atoms with Crippen LogP contribution in [0.15, 0.2) is 42.5 Å². The molecule has 0 fully saturated rings. The summed E-state index contributed by atoms with van der Waals surface area (Å²) >= 11 is 0. The molecule has 0 spiro atoms. The minimum absolute atomic E-state index is 0.677. The lowest BCUT2D eigenvalue weighted by Gasteiger charge is -2.14. The van der Waals surface area contributed by atoms with Crippen LogP contribution in [0.4, 0.5) is 5.69 Å². The van der Waals surface area contributed by atoms with E-state index in [9.17, 15) is 0 Å². The fourth-order valence-electron chi connectivity index (χ4n) is 2.09. The van der Waals surface area contributed by atoms with E-state index in [1.807, 2.05) is 42.5 Å². The van der Waals surface area contributed by atoms with Crippen LogP contribution in [0.25, 0.3) is 11.1 Å². The second kappa shape index (κ2) is 7.58. The highest BCUT2D eigenvalue weighted by Gasteiger charge is 2.09. The van der Waals surface area contributed by atoms with Crippen LogP contribution in [0.5, 0.6) is 11.5 Å². The van der Waals surface area contributed by atoms with Gasteiger partial charge in [-0.25, -0.2) is 0 Å². The minimum atomic E-state index is 0.677. The van der Waals surface area contributed by atoms with E-state index >= 15 is 0 Å². The van der Waals surface area contributed by atoms with Crippen LogP contribution in [0.1, 0.15) is 26.7 Å². The van der Waals surface area contributed by atoms with Crippen molar-refractivity contribution in [2.75, 3.05) is 18.9 Å². The molecule has 0 radical (unpaired) electrons. The van der Waals surface area contributed by atoms with Gasteiger partial charge in [-0.2, -0.15) is 0 Å². The van der Waals surface area contributed by atoms with Gasteiger partial charge in [-0.1, -0.05) is 38.1 Å². The summed E-state index contributed by atoms with van der Waals surface area (Å²) in [6, 6.07) is 13.8. The molecule has 112 valence electrons. The second-order valence-electron chi connectivity index (χ2n) is 4.95. The molecule has 0 saturated heterocycles. The van der Waals surface area contributed by atoms with Gasteiger partial charge in [0.25, 0.3) is 0 Å². The van der Waals surface area contributed by atoms with Crippen LogP contribution in [0, 0.1) is 0 Å². The number of rotatable bonds is 7. The number of nitrogen functional groups attached to an aromatic ring is 1. The highest BCUT2D eigenvalue weighted by Crippen LogP contribution is 2.35. The maximum Gasteiger partial charge on any atom is 0.161 e. The van der Waals surface area contributed by atoms with Gasteiger partial charge in [-0.15, -0.1) is 0 Å². The zero-order valence-electron chi connectivity index (χ0n) is 12.8. The Labute approximate surface area is 126 Å². The van der Waals surface area contributed by atoms with Gasteiger partial charge in [0.2, 0.25) is 0 Å². The zero-order chi connectivity index (χ0) is 15.1. The number of anilines is 1. The van der Waals surface area contributed by atoms with Gasteiger partial charge in [0.05, 0.1) is 13.2 Å². The molecular formula is C18H23NO2. The molecule has 2 aromatic carbocycles. The fraction of sp³-hybridized carbons (Fsp3) is 0.333. The highest BCUT2D eigenvalue weighted by molar-refractivity contribution is 5.77. The predicted octanol–water partition coefficient (Wildman–Crippen LogP) is 4.51. The molecule has 0 amide bonds. The van der Waals surface area contributed by atoms with E-state index in [1.54, 1.807) is 0 Å². The number of para-hydroxylation sites is 1. The summed E-state index contributed by atoms with van der Waals surface area (Å²) in [6.07, 6.45) is 1.94. The first-order valence-corrected chi connectivity index (χ1v) is 7.50. The van der Waals surface area contributed by atoms with Gasteiger partial charge >= 0.3 is 0 Å². The summed E-state index contributed by atoms with van der Waals surface area (Å²) in [5, 5.41) is 0. The van der Waals surface area contributed by atoms with Gasteiger partial charge in [0.1, 0.15) is 0 Å². The van der Waals surface area contributed by atoms with Crippen molar-refractivity contribution in [3.63, 3.8) is 0 Å². The van der Waals surface area contributed by atoms with E-state index in [1.165, 1.54) is 0 Å². The summed E-state index contributed by atoms with van der Waals surface area (Å²) in [5.74, 6) is 1.58. The lowest BCUT2D eigenvalue weighted by molar-refractivity contribution is 0.268. The molecule has 0 aromatic heterocycles. The number of nitrogens with two attached hydrogens (primary N) is 1. The van der Waals surface area contributed by atoms with Crippen LogP contribution >= 0.6 is 0 Å². The standard InChI is InChI=1S/C18H23NO2/c1-3-11-20-17-10-9-14(13-18(17)21-12-4-2)15-7-5-6-8-16(15)19/h5-10,13H,3-4,11-12,19H2,1-2H3. The van der Waals surface area contributed by atoms with Crippen molar-refractivity contribution in [3.8, 4) is 22.6 Å². The predicted molar refractivity (Wildman–Crippen MR) is 87.9 cm³/mol. The summed E-state index contributed by atoms with van der Waals surface area (Å²) < 4.78 is 11.6. The van der Waals surface area contributed by atoms with E-state index in [0.29, 0.717) is 13.2 Å². The largest absolute Gasteiger partial charge is 0.490 e. The lowest BCUT2D eigenvalue weighted by Crippen LogP contribution is -2.01. The molecule has 3 heteroatoms. The third kappa shape index (κ3) is 3.91. The van der Waals surface area contributed by atoms with Crippen molar-refractivity contribution >= 4 is 5.69 Å². The Kier molecular flexibility index (Phi) is 5.50. The molecular weight excluding hydrogens is 262 g/mol. The molecule has 2 aromatic rings. The summed E-state index contributed by atoms with van der Waals surface area (Å²) in [5.41, 5.74) is 8.87. The number of ether oxygens (including phenoxy) is 2. The molecule has 0 heterocycles. The third-order valence-electron chi connectivity index (χ3n) is 3.14. The van der Waals surface area contributed by atoms with Gasteiger partial charge < -0.3 is 15.2 Å². The van der Waals surface area contributed by atoms with Gasteiger partial charge in [-0.3, -0.25) is 0 Å². The average Bonchev–Trinajstić information content (AvgIpc) is 2.52. The smallest absolute Gasteiger partial charge is 0.161 e. The average molecular weight is 285 g/mol. The first-order valence-electron chi connectivity index (χ1n) is 7.50. The lowest BCUT2D eigenvalue weighted by atomic mass is 10.0. The van der Waals surface area contributed by atoms with Crippen molar-refractivity contribution in [1.82, 2.24) is 0 Å². The topological polar surface area (TPSA) is 44.5 Å². The van der Waals surface area contributed by atoms with Crippen LogP contribution < -0.4 is 15.2 Å². The molecule has 2 N–H and O–H groups in total. The molecule has 0 aliphatic rings. The molecule has 0 bridgehead atoms. The molecule has 2 rings (SSSR count). The van der Waals surface area contributed by atoms with Crippen LogP contribution in [0.3, 0.4) is 0 Å². The van der Waals surface area contributed by atoms with Crippen molar-refractivity contribution in [2.45, 2.75) is 26.7 Å². The SMILES string of the molecule is CCCOc1ccc(-c2ccccc2N)cc1OCCC.